The van der Waals surface area contributed by atoms with E-state index in [9.17, 15) is 9.59 Å². The maximum Gasteiger partial charge on any atom is 0.242 e. The van der Waals surface area contributed by atoms with Crippen molar-refractivity contribution in [2.75, 3.05) is 0 Å². The van der Waals surface area contributed by atoms with E-state index >= 15 is 0 Å². The van der Waals surface area contributed by atoms with Crippen molar-refractivity contribution in [3.05, 3.63) is 103 Å². The van der Waals surface area contributed by atoms with Crippen molar-refractivity contribution < 1.29 is 14.3 Å². The number of Topliss-reactive ketones (excluding diaryl/α,β-unsaturated/α-hetero) is 1. The Balaban J connectivity index is 1.49. The van der Waals surface area contributed by atoms with Gasteiger partial charge in [-0.05, 0) is 58.8 Å². The van der Waals surface area contributed by atoms with E-state index in [1.165, 1.54) is 11.3 Å². The van der Waals surface area contributed by atoms with Gasteiger partial charge in [0.1, 0.15) is 16.5 Å². The number of carbonyl (C=O) groups is 2. The number of amides is 1. The summed E-state index contributed by atoms with van der Waals surface area (Å²) in [7, 11) is 0. The first-order valence-electron chi connectivity index (χ1n) is 10.7. The molecule has 1 aliphatic heterocycles. The minimum Gasteiger partial charge on any atom is -0.437 e. The van der Waals surface area contributed by atoms with Crippen molar-refractivity contribution in [2.24, 2.45) is 0 Å². The van der Waals surface area contributed by atoms with Gasteiger partial charge in [0.05, 0.1) is 15.7 Å². The van der Waals surface area contributed by atoms with Crippen LogP contribution in [-0.4, -0.2) is 21.9 Å². The number of rotatable bonds is 6. The minimum absolute atomic E-state index is 0.0348. The molecule has 1 saturated heterocycles. The van der Waals surface area contributed by atoms with Crippen LogP contribution in [0.15, 0.2) is 86.9 Å². The SMILES string of the molecule is O=C1CC(c2ccsc2)(c2cccc(Oc3ccc(Br)cc3Cl)n2)NC(=O)C1Sc1ccccc1Cl. The molecule has 0 saturated carbocycles. The fourth-order valence-corrected chi connectivity index (χ4v) is 6.65. The van der Waals surface area contributed by atoms with Crippen LogP contribution < -0.4 is 10.1 Å². The predicted octanol–water partition coefficient (Wildman–Crippen LogP) is 7.50. The number of thiophene rings is 1. The molecule has 10 heteroatoms. The lowest BCUT2D eigenvalue weighted by Gasteiger charge is -2.39. The molecule has 0 aliphatic carbocycles. The van der Waals surface area contributed by atoms with E-state index < -0.39 is 16.7 Å². The summed E-state index contributed by atoms with van der Waals surface area (Å²) in [5.41, 5.74) is 0.144. The lowest BCUT2D eigenvalue weighted by Crippen LogP contribution is -2.58. The van der Waals surface area contributed by atoms with Gasteiger partial charge in [0.15, 0.2) is 5.78 Å². The van der Waals surface area contributed by atoms with E-state index in [0.717, 1.165) is 21.8 Å². The molecule has 5 rings (SSSR count). The first-order chi connectivity index (χ1) is 17.4. The van der Waals surface area contributed by atoms with E-state index in [0.29, 0.717) is 32.3 Å². The molecule has 1 amide bonds. The fraction of sp³-hybridized carbons (Fsp3) is 0.115. The lowest BCUT2D eigenvalue weighted by molar-refractivity contribution is -0.133. The molecule has 2 atom stereocenters. The standard InChI is InChI=1S/C26H17BrCl2N2O3S2/c27-16-8-9-20(18(29)12-16)34-23-7-3-6-22(30-23)26(15-10-11-35-14-15)13-19(32)24(25(33)31-26)36-21-5-2-1-4-17(21)28/h1-12,14,24H,13H2,(H,31,33). The normalized spacial score (nSPS) is 19.7. The van der Waals surface area contributed by atoms with Crippen molar-refractivity contribution in [3.8, 4) is 11.6 Å². The second-order valence-corrected chi connectivity index (χ2v) is 11.7. The van der Waals surface area contributed by atoms with Crippen molar-refractivity contribution in [1.29, 1.82) is 0 Å². The molecule has 2 aromatic carbocycles. The van der Waals surface area contributed by atoms with Gasteiger partial charge >= 0.3 is 0 Å². The summed E-state index contributed by atoms with van der Waals surface area (Å²) in [6.07, 6.45) is 0.0348. The maximum atomic E-state index is 13.5. The van der Waals surface area contributed by atoms with Crippen molar-refractivity contribution >= 4 is 73.9 Å². The second kappa shape index (κ2) is 10.6. The number of halogens is 3. The third-order valence-electron chi connectivity index (χ3n) is 5.67. The largest absolute Gasteiger partial charge is 0.437 e. The topological polar surface area (TPSA) is 68.3 Å². The molecule has 1 N–H and O–H groups in total. The van der Waals surface area contributed by atoms with Gasteiger partial charge in [0.25, 0.3) is 0 Å². The zero-order chi connectivity index (χ0) is 25.3. The molecule has 2 aromatic heterocycles. The molecule has 0 bridgehead atoms. The Morgan fingerprint density at radius 1 is 1.06 bits per heavy atom. The Bertz CT molecular complexity index is 1430. The molecule has 36 heavy (non-hydrogen) atoms. The summed E-state index contributed by atoms with van der Waals surface area (Å²) in [5.74, 6) is 0.125. The summed E-state index contributed by atoms with van der Waals surface area (Å²) in [4.78, 5) is 32.2. The minimum atomic E-state index is -1.13. The number of pyridine rings is 1. The maximum absolute atomic E-state index is 13.5. The monoisotopic (exact) mass is 618 g/mol. The number of piperidine rings is 1. The zero-order valence-electron chi connectivity index (χ0n) is 18.4. The molecular weight excluding hydrogens is 603 g/mol. The first-order valence-corrected chi connectivity index (χ1v) is 14.1. The van der Waals surface area contributed by atoms with Gasteiger partial charge in [-0.15, -0.1) is 11.8 Å². The molecule has 0 spiro atoms. The third-order valence-corrected chi connectivity index (χ3v) is 8.91. The van der Waals surface area contributed by atoms with Gasteiger partial charge in [-0.1, -0.05) is 57.3 Å². The summed E-state index contributed by atoms with van der Waals surface area (Å²) < 4.78 is 6.77. The van der Waals surface area contributed by atoms with Crippen LogP contribution >= 0.6 is 62.2 Å². The number of benzene rings is 2. The van der Waals surface area contributed by atoms with E-state index in [1.54, 1.807) is 48.5 Å². The number of carbonyl (C=O) groups excluding carboxylic acids is 2. The summed E-state index contributed by atoms with van der Waals surface area (Å²) in [6, 6.07) is 19.6. The average Bonchev–Trinajstić information content (AvgIpc) is 3.40. The van der Waals surface area contributed by atoms with Gasteiger partial charge in [-0.25, -0.2) is 4.98 Å². The summed E-state index contributed by atoms with van der Waals surface area (Å²) >= 11 is 18.6. The van der Waals surface area contributed by atoms with Crippen molar-refractivity contribution in [3.63, 3.8) is 0 Å². The van der Waals surface area contributed by atoms with Crippen molar-refractivity contribution in [1.82, 2.24) is 10.3 Å². The zero-order valence-corrected chi connectivity index (χ0v) is 23.1. The highest BCUT2D eigenvalue weighted by Gasteiger charge is 2.48. The molecule has 4 aromatic rings. The highest BCUT2D eigenvalue weighted by molar-refractivity contribution is 9.10. The molecule has 2 unspecified atom stereocenters. The van der Waals surface area contributed by atoms with Gasteiger partial charge in [0, 0.05) is 21.9 Å². The van der Waals surface area contributed by atoms with E-state index in [2.05, 4.69) is 21.2 Å². The van der Waals surface area contributed by atoms with E-state index in [-0.39, 0.29) is 12.2 Å². The van der Waals surface area contributed by atoms with Gasteiger partial charge < -0.3 is 10.1 Å². The van der Waals surface area contributed by atoms with Crippen LogP contribution in [-0.2, 0) is 15.1 Å². The second-order valence-electron chi connectivity index (χ2n) is 8.02. The number of ketones is 1. The summed E-state index contributed by atoms with van der Waals surface area (Å²) in [5, 5.41) is 6.93. The van der Waals surface area contributed by atoms with Gasteiger partial charge in [0.2, 0.25) is 11.8 Å². The van der Waals surface area contributed by atoms with E-state index in [4.69, 9.17) is 32.9 Å². The Morgan fingerprint density at radius 3 is 2.61 bits per heavy atom. The number of nitrogens with one attached hydrogen (secondary N) is 1. The number of hydrogen-bond donors (Lipinski definition) is 1. The molecule has 1 aliphatic rings. The van der Waals surface area contributed by atoms with Crippen LogP contribution in [0.2, 0.25) is 10.0 Å². The Hall–Kier alpha value is -2.36. The van der Waals surface area contributed by atoms with Crippen LogP contribution in [0.3, 0.4) is 0 Å². The van der Waals surface area contributed by atoms with Crippen LogP contribution in [0.1, 0.15) is 17.7 Å². The van der Waals surface area contributed by atoms with Crippen LogP contribution in [0.25, 0.3) is 0 Å². The number of aromatic nitrogens is 1. The predicted molar refractivity (Wildman–Crippen MR) is 147 cm³/mol. The highest BCUT2D eigenvalue weighted by Crippen LogP contribution is 2.41. The van der Waals surface area contributed by atoms with Gasteiger partial charge in [-0.2, -0.15) is 11.3 Å². The smallest absolute Gasteiger partial charge is 0.242 e. The molecule has 0 radical (unpaired) electrons. The molecule has 182 valence electrons. The number of nitrogens with zero attached hydrogens (tertiary/aromatic N) is 1. The molecule has 3 heterocycles. The van der Waals surface area contributed by atoms with E-state index in [1.807, 2.05) is 29.0 Å². The third kappa shape index (κ3) is 5.06. The highest BCUT2D eigenvalue weighted by atomic mass is 79.9. The van der Waals surface area contributed by atoms with Crippen molar-refractivity contribution in [2.45, 2.75) is 22.1 Å². The number of ether oxygens (including phenoxy) is 1. The first kappa shape index (κ1) is 25.3. The van der Waals surface area contributed by atoms with Gasteiger partial charge in [-0.3, -0.25) is 9.59 Å². The Kier molecular flexibility index (Phi) is 7.42. The van der Waals surface area contributed by atoms with Crippen LogP contribution in [0.5, 0.6) is 11.6 Å². The molecule has 1 fully saturated rings. The lowest BCUT2D eigenvalue weighted by atomic mass is 9.79. The van der Waals surface area contributed by atoms with Crippen LogP contribution in [0, 0.1) is 0 Å². The average molecular weight is 620 g/mol. The summed E-state index contributed by atoms with van der Waals surface area (Å²) in [6.45, 7) is 0. The Labute approximate surface area is 234 Å². The quantitative estimate of drug-likeness (QED) is 0.226. The Morgan fingerprint density at radius 2 is 1.89 bits per heavy atom. The molecular formula is C26H17BrCl2N2O3S2. The van der Waals surface area contributed by atoms with Crippen LogP contribution in [0.4, 0.5) is 0 Å². The number of thioether (sulfide) groups is 1. The molecule has 5 nitrogen and oxygen atoms in total. The number of hydrogen-bond acceptors (Lipinski definition) is 6. The fourth-order valence-electron chi connectivity index (χ4n) is 3.97.